The predicted octanol–water partition coefficient (Wildman–Crippen LogP) is 4.75. The van der Waals surface area contributed by atoms with Crippen molar-refractivity contribution in [1.82, 2.24) is 0 Å². The summed E-state index contributed by atoms with van der Waals surface area (Å²) in [6, 6.07) is 13.7. The molecule has 0 radical (unpaired) electrons. The van der Waals surface area contributed by atoms with E-state index in [9.17, 15) is 14.9 Å². The van der Waals surface area contributed by atoms with Gasteiger partial charge in [0.05, 0.1) is 4.92 Å². The zero-order chi connectivity index (χ0) is 17.1. The molecule has 2 atom stereocenters. The topological polar surface area (TPSA) is 72.2 Å². The zero-order valence-electron chi connectivity index (χ0n) is 13.6. The van der Waals surface area contributed by atoms with Crippen LogP contribution in [0.15, 0.2) is 48.5 Å². The van der Waals surface area contributed by atoms with Gasteiger partial charge in [0.1, 0.15) is 0 Å². The van der Waals surface area contributed by atoms with Gasteiger partial charge in [0.25, 0.3) is 11.6 Å². The first-order chi connectivity index (χ1) is 11.5. The third-order valence-electron chi connectivity index (χ3n) is 4.78. The number of nitrogens with zero attached hydrogens (tertiary/aromatic N) is 1. The number of carbonyl (C=O) groups is 1. The Morgan fingerprint density at radius 2 is 1.92 bits per heavy atom. The average Bonchev–Trinajstić information content (AvgIpc) is 3.01. The maximum atomic E-state index is 12.2. The number of amides is 1. The van der Waals surface area contributed by atoms with Crippen LogP contribution in [0.5, 0.6) is 0 Å². The van der Waals surface area contributed by atoms with Crippen molar-refractivity contribution < 1.29 is 9.72 Å². The van der Waals surface area contributed by atoms with Crippen molar-refractivity contribution in [2.45, 2.75) is 32.1 Å². The van der Waals surface area contributed by atoms with E-state index >= 15 is 0 Å². The van der Waals surface area contributed by atoms with Crippen molar-refractivity contribution >= 4 is 17.3 Å². The largest absolute Gasteiger partial charge is 0.322 e. The van der Waals surface area contributed by atoms with E-state index in [1.54, 1.807) is 6.07 Å². The quantitative estimate of drug-likeness (QED) is 0.651. The summed E-state index contributed by atoms with van der Waals surface area (Å²) in [6.07, 6.45) is 3.77. The van der Waals surface area contributed by atoms with E-state index in [1.807, 2.05) is 12.1 Å². The molecule has 0 heterocycles. The minimum absolute atomic E-state index is 0.0896. The molecule has 1 N–H and O–H groups in total. The molecule has 2 unspecified atom stereocenters. The van der Waals surface area contributed by atoms with Gasteiger partial charge < -0.3 is 5.32 Å². The molecule has 124 valence electrons. The van der Waals surface area contributed by atoms with Crippen LogP contribution in [-0.2, 0) is 0 Å². The van der Waals surface area contributed by atoms with Gasteiger partial charge in [-0.3, -0.25) is 14.9 Å². The molecule has 1 aliphatic carbocycles. The molecule has 1 fully saturated rings. The summed E-state index contributed by atoms with van der Waals surface area (Å²) in [5.41, 5.74) is 2.19. The third kappa shape index (κ3) is 3.45. The molecule has 3 rings (SSSR count). The van der Waals surface area contributed by atoms with Gasteiger partial charge in [0, 0.05) is 23.4 Å². The van der Waals surface area contributed by atoms with Gasteiger partial charge in [0.2, 0.25) is 0 Å². The molecule has 1 aliphatic rings. The van der Waals surface area contributed by atoms with Crippen LogP contribution in [0.4, 0.5) is 11.4 Å². The number of anilines is 1. The van der Waals surface area contributed by atoms with E-state index in [4.69, 9.17) is 0 Å². The Morgan fingerprint density at radius 3 is 2.54 bits per heavy atom. The van der Waals surface area contributed by atoms with Crippen LogP contribution < -0.4 is 5.32 Å². The first-order valence-electron chi connectivity index (χ1n) is 8.20. The lowest BCUT2D eigenvalue weighted by molar-refractivity contribution is -0.384. The van der Waals surface area contributed by atoms with Crippen LogP contribution in [0.25, 0.3) is 0 Å². The van der Waals surface area contributed by atoms with Gasteiger partial charge in [-0.2, -0.15) is 0 Å². The van der Waals surface area contributed by atoms with Crippen molar-refractivity contribution in [2.24, 2.45) is 5.92 Å². The smallest absolute Gasteiger partial charge is 0.270 e. The standard InChI is InChI=1S/C19H20N2O3/c1-13-4-2-7-18(13)14-8-10-16(11-9-14)20-19(22)15-5-3-6-17(12-15)21(23)24/h3,5-6,8-13,18H,2,4,7H2,1H3,(H,20,22). The molecule has 0 aliphatic heterocycles. The van der Waals surface area contributed by atoms with E-state index in [0.717, 1.165) is 0 Å². The maximum Gasteiger partial charge on any atom is 0.270 e. The fourth-order valence-corrected chi connectivity index (χ4v) is 3.42. The molecule has 0 bridgehead atoms. The summed E-state index contributed by atoms with van der Waals surface area (Å²) < 4.78 is 0. The Balaban J connectivity index is 1.70. The molecular weight excluding hydrogens is 304 g/mol. The number of nitro benzene ring substituents is 1. The molecule has 1 amide bonds. The molecule has 5 nitrogen and oxygen atoms in total. The van der Waals surface area contributed by atoms with Gasteiger partial charge >= 0.3 is 0 Å². The lowest BCUT2D eigenvalue weighted by Crippen LogP contribution is -2.12. The number of carbonyl (C=O) groups excluding carboxylic acids is 1. The SMILES string of the molecule is CC1CCCC1c1ccc(NC(=O)c2cccc([N+](=O)[O-])c2)cc1. The fourth-order valence-electron chi connectivity index (χ4n) is 3.42. The van der Waals surface area contributed by atoms with Crippen LogP contribution in [0.2, 0.25) is 0 Å². The number of nitro groups is 1. The highest BCUT2D eigenvalue weighted by Crippen LogP contribution is 2.39. The van der Waals surface area contributed by atoms with Crippen LogP contribution in [0, 0.1) is 16.0 Å². The van der Waals surface area contributed by atoms with Crippen molar-refractivity contribution in [1.29, 1.82) is 0 Å². The minimum Gasteiger partial charge on any atom is -0.322 e. The van der Waals surface area contributed by atoms with E-state index in [2.05, 4.69) is 24.4 Å². The molecule has 24 heavy (non-hydrogen) atoms. The highest BCUT2D eigenvalue weighted by Gasteiger charge is 2.24. The Morgan fingerprint density at radius 1 is 1.17 bits per heavy atom. The Kier molecular flexibility index (Phi) is 4.60. The summed E-state index contributed by atoms with van der Waals surface area (Å²) in [4.78, 5) is 22.5. The van der Waals surface area contributed by atoms with Gasteiger partial charge in [-0.15, -0.1) is 0 Å². The monoisotopic (exact) mass is 324 g/mol. The normalized spacial score (nSPS) is 19.9. The summed E-state index contributed by atoms with van der Waals surface area (Å²) in [5, 5.41) is 13.6. The summed E-state index contributed by atoms with van der Waals surface area (Å²) in [5.74, 6) is 0.961. The number of hydrogen-bond acceptors (Lipinski definition) is 3. The Hall–Kier alpha value is -2.69. The predicted molar refractivity (Wildman–Crippen MR) is 93.2 cm³/mol. The molecule has 0 aromatic heterocycles. The molecule has 0 spiro atoms. The first kappa shape index (κ1) is 16.2. The minimum atomic E-state index is -0.506. The maximum absolute atomic E-state index is 12.2. The fraction of sp³-hybridized carbons (Fsp3) is 0.316. The molecule has 5 heteroatoms. The number of nitrogens with one attached hydrogen (secondary N) is 1. The lowest BCUT2D eigenvalue weighted by atomic mass is 9.90. The molecular formula is C19H20N2O3. The summed E-state index contributed by atoms with van der Waals surface area (Å²) in [7, 11) is 0. The number of benzene rings is 2. The highest BCUT2D eigenvalue weighted by atomic mass is 16.6. The van der Waals surface area contributed by atoms with Crippen molar-refractivity contribution in [2.75, 3.05) is 5.32 Å². The average molecular weight is 324 g/mol. The summed E-state index contributed by atoms with van der Waals surface area (Å²) >= 11 is 0. The molecule has 0 saturated heterocycles. The van der Waals surface area contributed by atoms with Gasteiger partial charge in [-0.05, 0) is 42.0 Å². The van der Waals surface area contributed by atoms with E-state index < -0.39 is 4.92 Å². The Labute approximate surface area is 140 Å². The van der Waals surface area contributed by atoms with Crippen molar-refractivity contribution in [3.63, 3.8) is 0 Å². The van der Waals surface area contributed by atoms with E-state index in [-0.39, 0.29) is 17.2 Å². The molecule has 1 saturated carbocycles. The van der Waals surface area contributed by atoms with Gasteiger partial charge in [0.15, 0.2) is 0 Å². The number of rotatable bonds is 4. The van der Waals surface area contributed by atoms with E-state index in [0.29, 0.717) is 17.5 Å². The highest BCUT2D eigenvalue weighted by molar-refractivity contribution is 6.04. The van der Waals surface area contributed by atoms with Crippen LogP contribution >= 0.6 is 0 Å². The second kappa shape index (κ2) is 6.83. The zero-order valence-corrected chi connectivity index (χ0v) is 13.6. The molecule has 2 aromatic carbocycles. The second-order valence-electron chi connectivity index (χ2n) is 6.40. The van der Waals surface area contributed by atoms with Crippen molar-refractivity contribution in [3.8, 4) is 0 Å². The number of non-ortho nitro benzene ring substituents is 1. The van der Waals surface area contributed by atoms with Crippen LogP contribution in [-0.4, -0.2) is 10.8 Å². The first-order valence-corrected chi connectivity index (χ1v) is 8.20. The summed E-state index contributed by atoms with van der Waals surface area (Å²) in [6.45, 7) is 2.29. The lowest BCUT2D eigenvalue weighted by Gasteiger charge is -2.16. The van der Waals surface area contributed by atoms with Gasteiger partial charge in [-0.1, -0.05) is 38.0 Å². The second-order valence-corrected chi connectivity index (χ2v) is 6.40. The molecule has 2 aromatic rings. The van der Waals surface area contributed by atoms with Crippen molar-refractivity contribution in [3.05, 3.63) is 69.8 Å². The van der Waals surface area contributed by atoms with Crippen LogP contribution in [0.3, 0.4) is 0 Å². The number of hydrogen-bond donors (Lipinski definition) is 1. The van der Waals surface area contributed by atoms with Crippen LogP contribution in [0.1, 0.15) is 48.0 Å². The van der Waals surface area contributed by atoms with Gasteiger partial charge in [-0.25, -0.2) is 0 Å². The Bertz CT molecular complexity index is 755. The van der Waals surface area contributed by atoms with E-state index in [1.165, 1.54) is 43.0 Å². The third-order valence-corrected chi connectivity index (χ3v) is 4.78.